The van der Waals surface area contributed by atoms with E-state index >= 15 is 0 Å². The Kier molecular flexibility index (Phi) is 4.24. The van der Waals surface area contributed by atoms with Gasteiger partial charge in [0, 0.05) is 24.5 Å². The Hall–Kier alpha value is -1.43. The molecule has 1 fully saturated rings. The molecule has 0 radical (unpaired) electrons. The Morgan fingerprint density at radius 1 is 1.43 bits per heavy atom. The average molecular weight is 308 g/mol. The molecule has 1 aromatic heterocycles. The van der Waals surface area contributed by atoms with E-state index in [-0.39, 0.29) is 6.10 Å². The highest BCUT2D eigenvalue weighted by Gasteiger charge is 2.28. The van der Waals surface area contributed by atoms with Crippen LogP contribution in [0.1, 0.15) is 30.3 Å². The molecule has 2 atom stereocenters. The van der Waals surface area contributed by atoms with Crippen molar-refractivity contribution in [3.05, 3.63) is 46.6 Å². The average Bonchev–Trinajstić information content (AvgIpc) is 2.87. The number of ether oxygens (including phenoxy) is 1. The highest BCUT2D eigenvalue weighted by molar-refractivity contribution is 6.30. The van der Waals surface area contributed by atoms with Gasteiger partial charge in [0.25, 0.3) is 0 Å². The van der Waals surface area contributed by atoms with E-state index < -0.39 is 0 Å². The number of rotatable bonds is 3. The van der Waals surface area contributed by atoms with Gasteiger partial charge in [0.15, 0.2) is 5.82 Å². The molecule has 21 heavy (non-hydrogen) atoms. The number of hydrogen-bond donors (Lipinski definition) is 0. The minimum Gasteiger partial charge on any atom is -0.371 e. The number of aryl methyl sites for hydroxylation is 1. The zero-order chi connectivity index (χ0) is 14.8. The summed E-state index contributed by atoms with van der Waals surface area (Å²) in [5.74, 6) is 1.31. The van der Waals surface area contributed by atoms with Crippen molar-refractivity contribution in [3.8, 4) is 0 Å². The standard InChI is InChI=1S/C15H18ClN3O2/c1-10-9-20-14(12-4-3-5-13(16)6-12)7-19(10)8-15-17-11(2)21-18-15/h3-6,10,14H,7-9H2,1-2H3/t10-,14+/m0/s1. The minimum absolute atomic E-state index is 0.0212. The van der Waals surface area contributed by atoms with E-state index in [4.69, 9.17) is 20.9 Å². The summed E-state index contributed by atoms with van der Waals surface area (Å²) in [7, 11) is 0. The normalized spacial score (nSPS) is 23.4. The summed E-state index contributed by atoms with van der Waals surface area (Å²) in [5.41, 5.74) is 1.10. The van der Waals surface area contributed by atoms with E-state index in [0.717, 1.165) is 17.1 Å². The second-order valence-electron chi connectivity index (χ2n) is 5.39. The molecule has 3 rings (SSSR count). The summed E-state index contributed by atoms with van der Waals surface area (Å²) in [4.78, 5) is 6.57. The third kappa shape index (κ3) is 3.43. The third-order valence-corrected chi connectivity index (χ3v) is 3.93. The van der Waals surface area contributed by atoms with Gasteiger partial charge in [0.05, 0.1) is 19.3 Å². The number of nitrogens with zero attached hydrogens (tertiary/aromatic N) is 3. The van der Waals surface area contributed by atoms with Crippen LogP contribution in [-0.2, 0) is 11.3 Å². The Labute approximate surface area is 128 Å². The quantitative estimate of drug-likeness (QED) is 0.872. The SMILES string of the molecule is Cc1nc(CN2C[C@H](c3cccc(Cl)c3)OC[C@@H]2C)no1. The van der Waals surface area contributed by atoms with Gasteiger partial charge in [0.1, 0.15) is 0 Å². The van der Waals surface area contributed by atoms with Crippen molar-refractivity contribution in [2.45, 2.75) is 32.5 Å². The smallest absolute Gasteiger partial charge is 0.223 e. The molecule has 112 valence electrons. The van der Waals surface area contributed by atoms with Gasteiger partial charge in [0.2, 0.25) is 5.89 Å². The van der Waals surface area contributed by atoms with Gasteiger partial charge >= 0.3 is 0 Å². The molecule has 2 aromatic rings. The van der Waals surface area contributed by atoms with E-state index in [9.17, 15) is 0 Å². The summed E-state index contributed by atoms with van der Waals surface area (Å²) in [6.07, 6.45) is 0.0212. The molecule has 0 aliphatic carbocycles. The number of hydrogen-bond acceptors (Lipinski definition) is 5. The van der Waals surface area contributed by atoms with Crippen LogP contribution in [0, 0.1) is 6.92 Å². The number of benzene rings is 1. The van der Waals surface area contributed by atoms with Crippen LogP contribution in [-0.4, -0.2) is 34.2 Å². The van der Waals surface area contributed by atoms with Gasteiger partial charge < -0.3 is 9.26 Å². The van der Waals surface area contributed by atoms with Crippen LogP contribution in [0.5, 0.6) is 0 Å². The van der Waals surface area contributed by atoms with Crippen LogP contribution >= 0.6 is 11.6 Å². The molecule has 0 amide bonds. The fraction of sp³-hybridized carbons (Fsp3) is 0.467. The van der Waals surface area contributed by atoms with E-state index in [1.54, 1.807) is 6.92 Å². The molecule has 0 unspecified atom stereocenters. The number of morpholine rings is 1. The summed E-state index contributed by atoms with van der Waals surface area (Å²) in [6, 6.07) is 8.14. The number of halogens is 1. The van der Waals surface area contributed by atoms with E-state index in [0.29, 0.717) is 30.9 Å². The van der Waals surface area contributed by atoms with Gasteiger partial charge in [-0.3, -0.25) is 4.90 Å². The van der Waals surface area contributed by atoms with Gasteiger partial charge in [-0.1, -0.05) is 28.9 Å². The van der Waals surface area contributed by atoms with Gasteiger partial charge in [-0.05, 0) is 24.6 Å². The van der Waals surface area contributed by atoms with Gasteiger partial charge in [-0.15, -0.1) is 0 Å². The second-order valence-corrected chi connectivity index (χ2v) is 5.82. The lowest BCUT2D eigenvalue weighted by atomic mass is 10.1. The first-order valence-corrected chi connectivity index (χ1v) is 7.40. The van der Waals surface area contributed by atoms with Crippen molar-refractivity contribution in [3.63, 3.8) is 0 Å². The Morgan fingerprint density at radius 2 is 2.29 bits per heavy atom. The van der Waals surface area contributed by atoms with E-state index in [1.807, 2.05) is 24.3 Å². The molecule has 5 nitrogen and oxygen atoms in total. The van der Waals surface area contributed by atoms with Crippen molar-refractivity contribution in [1.29, 1.82) is 0 Å². The summed E-state index contributed by atoms with van der Waals surface area (Å²) in [5, 5.41) is 4.70. The lowest BCUT2D eigenvalue weighted by Gasteiger charge is -2.37. The van der Waals surface area contributed by atoms with Crippen LogP contribution in [0.15, 0.2) is 28.8 Å². The molecule has 0 saturated carbocycles. The second kappa shape index (κ2) is 6.13. The molecule has 6 heteroatoms. The van der Waals surface area contributed by atoms with Crippen molar-refractivity contribution in [1.82, 2.24) is 15.0 Å². The first-order chi connectivity index (χ1) is 10.1. The first kappa shape index (κ1) is 14.5. The zero-order valence-electron chi connectivity index (χ0n) is 12.1. The maximum Gasteiger partial charge on any atom is 0.223 e. The van der Waals surface area contributed by atoms with Crippen LogP contribution in [0.25, 0.3) is 0 Å². The van der Waals surface area contributed by atoms with Gasteiger partial charge in [-0.25, -0.2) is 0 Å². The van der Waals surface area contributed by atoms with Crippen LogP contribution in [0.3, 0.4) is 0 Å². The van der Waals surface area contributed by atoms with E-state index in [2.05, 4.69) is 22.0 Å². The summed E-state index contributed by atoms with van der Waals surface area (Å²) >= 11 is 6.06. The highest BCUT2D eigenvalue weighted by Crippen LogP contribution is 2.27. The van der Waals surface area contributed by atoms with Crippen molar-refractivity contribution >= 4 is 11.6 Å². The fourth-order valence-corrected chi connectivity index (χ4v) is 2.72. The largest absolute Gasteiger partial charge is 0.371 e. The Morgan fingerprint density at radius 3 is 3.00 bits per heavy atom. The molecule has 1 aromatic carbocycles. The van der Waals surface area contributed by atoms with Crippen LogP contribution < -0.4 is 0 Å². The minimum atomic E-state index is 0.0212. The topological polar surface area (TPSA) is 51.4 Å². The highest BCUT2D eigenvalue weighted by atomic mass is 35.5. The lowest BCUT2D eigenvalue weighted by molar-refractivity contribution is -0.0642. The van der Waals surface area contributed by atoms with Crippen molar-refractivity contribution in [2.75, 3.05) is 13.2 Å². The van der Waals surface area contributed by atoms with Crippen LogP contribution in [0.2, 0.25) is 5.02 Å². The lowest BCUT2D eigenvalue weighted by Crippen LogP contribution is -2.44. The van der Waals surface area contributed by atoms with Crippen molar-refractivity contribution in [2.24, 2.45) is 0 Å². The molecule has 1 aliphatic heterocycles. The maximum absolute atomic E-state index is 6.06. The number of aromatic nitrogens is 2. The molecular formula is C15H18ClN3O2. The summed E-state index contributed by atoms with van der Waals surface area (Å²) in [6.45, 7) is 6.07. The molecule has 1 aliphatic rings. The molecular weight excluding hydrogens is 290 g/mol. The predicted molar refractivity (Wildman–Crippen MR) is 79.1 cm³/mol. The van der Waals surface area contributed by atoms with Crippen molar-refractivity contribution < 1.29 is 9.26 Å². The molecule has 0 N–H and O–H groups in total. The van der Waals surface area contributed by atoms with Gasteiger partial charge in [-0.2, -0.15) is 4.98 Å². The monoisotopic (exact) mass is 307 g/mol. The van der Waals surface area contributed by atoms with E-state index in [1.165, 1.54) is 0 Å². The Balaban J connectivity index is 1.72. The Bertz CT molecular complexity index is 616. The first-order valence-electron chi connectivity index (χ1n) is 7.02. The fourth-order valence-electron chi connectivity index (χ4n) is 2.52. The molecule has 2 heterocycles. The molecule has 0 spiro atoms. The molecule has 0 bridgehead atoms. The predicted octanol–water partition coefficient (Wildman–Crippen LogP) is 2.99. The van der Waals surface area contributed by atoms with Crippen LogP contribution in [0.4, 0.5) is 0 Å². The third-order valence-electron chi connectivity index (χ3n) is 3.70. The zero-order valence-corrected chi connectivity index (χ0v) is 12.9. The molecule has 1 saturated heterocycles. The maximum atomic E-state index is 6.06. The summed E-state index contributed by atoms with van der Waals surface area (Å²) < 4.78 is 11.0.